The first-order valence-electron chi connectivity index (χ1n) is 7.86. The van der Waals surface area contributed by atoms with Gasteiger partial charge in [-0.2, -0.15) is 0 Å². The van der Waals surface area contributed by atoms with E-state index in [1.54, 1.807) is 18.9 Å². The number of thioether (sulfide) groups is 1. The van der Waals surface area contributed by atoms with Gasteiger partial charge in [-0.15, -0.1) is 11.8 Å². The Morgan fingerprint density at radius 3 is 2.71 bits per heavy atom. The highest BCUT2D eigenvalue weighted by atomic mass is 32.2. The number of ether oxygens (including phenoxy) is 1. The molecule has 0 aliphatic rings. The highest BCUT2D eigenvalue weighted by molar-refractivity contribution is 8.00. The first-order chi connectivity index (χ1) is 11.7. The van der Waals surface area contributed by atoms with Crippen LogP contribution in [-0.2, 0) is 11.3 Å². The van der Waals surface area contributed by atoms with E-state index in [0.717, 1.165) is 11.4 Å². The molecule has 1 amide bonds. The first-order valence-corrected chi connectivity index (χ1v) is 8.85. The van der Waals surface area contributed by atoms with Crippen LogP contribution in [0.15, 0.2) is 59.6 Å². The fraction of sp³-hybridized carbons (Fsp3) is 0.211. The summed E-state index contributed by atoms with van der Waals surface area (Å²) in [5, 5.41) is 4.10. The average Bonchev–Trinajstić information content (AvgIpc) is 2.98. The van der Waals surface area contributed by atoms with Crippen molar-refractivity contribution in [2.24, 2.45) is 0 Å². The molecule has 0 aliphatic heterocycles. The SMILES string of the molecule is CCn1cc(SCC(=O)Nc2ccccc2OC)c2ccccc21. The molecule has 0 fully saturated rings. The van der Waals surface area contributed by atoms with E-state index in [-0.39, 0.29) is 5.91 Å². The van der Waals surface area contributed by atoms with E-state index in [1.165, 1.54) is 10.9 Å². The van der Waals surface area contributed by atoms with Crippen molar-refractivity contribution in [3.8, 4) is 5.75 Å². The number of methoxy groups -OCH3 is 1. The Morgan fingerprint density at radius 1 is 1.17 bits per heavy atom. The Kier molecular flexibility index (Phi) is 5.11. The molecule has 3 aromatic rings. The summed E-state index contributed by atoms with van der Waals surface area (Å²) in [6, 6.07) is 15.7. The van der Waals surface area contributed by atoms with Crippen LogP contribution in [0.25, 0.3) is 10.9 Å². The number of nitrogens with one attached hydrogen (secondary N) is 1. The number of hydrogen-bond acceptors (Lipinski definition) is 3. The maximum absolute atomic E-state index is 12.3. The summed E-state index contributed by atoms with van der Waals surface area (Å²) in [5.74, 6) is 0.978. The molecule has 24 heavy (non-hydrogen) atoms. The van der Waals surface area contributed by atoms with Gasteiger partial charge in [0.25, 0.3) is 0 Å². The monoisotopic (exact) mass is 340 g/mol. The van der Waals surface area contributed by atoms with Crippen LogP contribution in [0.3, 0.4) is 0 Å². The molecular weight excluding hydrogens is 320 g/mol. The predicted molar refractivity (Wildman–Crippen MR) is 100.0 cm³/mol. The molecule has 0 saturated heterocycles. The molecule has 1 N–H and O–H groups in total. The zero-order chi connectivity index (χ0) is 16.9. The highest BCUT2D eigenvalue weighted by Crippen LogP contribution is 2.30. The van der Waals surface area contributed by atoms with Crippen LogP contribution in [0.2, 0.25) is 0 Å². The molecule has 2 aromatic carbocycles. The second-order valence-electron chi connectivity index (χ2n) is 5.33. The summed E-state index contributed by atoms with van der Waals surface area (Å²) in [4.78, 5) is 13.4. The van der Waals surface area contributed by atoms with E-state index < -0.39 is 0 Å². The minimum absolute atomic E-state index is 0.0437. The molecule has 0 atom stereocenters. The minimum atomic E-state index is -0.0437. The molecule has 0 spiro atoms. The Morgan fingerprint density at radius 2 is 1.92 bits per heavy atom. The Hall–Kier alpha value is -2.40. The number of aryl methyl sites for hydroxylation is 1. The lowest BCUT2D eigenvalue weighted by Gasteiger charge is -2.09. The number of anilines is 1. The van der Waals surface area contributed by atoms with Gasteiger partial charge in [-0.05, 0) is 25.1 Å². The van der Waals surface area contributed by atoms with E-state index in [2.05, 4.69) is 35.1 Å². The molecule has 3 rings (SSSR count). The quantitative estimate of drug-likeness (QED) is 0.676. The zero-order valence-corrected chi connectivity index (χ0v) is 14.6. The second-order valence-corrected chi connectivity index (χ2v) is 6.35. The summed E-state index contributed by atoms with van der Waals surface area (Å²) in [7, 11) is 1.60. The Bertz CT molecular complexity index is 857. The van der Waals surface area contributed by atoms with Gasteiger partial charge < -0.3 is 14.6 Å². The molecule has 0 saturated carbocycles. The number of nitrogens with zero attached hydrogens (tertiary/aromatic N) is 1. The third-order valence-electron chi connectivity index (χ3n) is 3.83. The van der Waals surface area contributed by atoms with Crippen LogP contribution in [-0.4, -0.2) is 23.3 Å². The number of carbonyl (C=O) groups is 1. The highest BCUT2D eigenvalue weighted by Gasteiger charge is 2.11. The van der Waals surface area contributed by atoms with Crippen LogP contribution >= 0.6 is 11.8 Å². The number of rotatable bonds is 6. The number of carbonyl (C=O) groups excluding carboxylic acids is 1. The van der Waals surface area contributed by atoms with Gasteiger partial charge in [0.05, 0.1) is 18.6 Å². The van der Waals surface area contributed by atoms with Crippen LogP contribution in [0.4, 0.5) is 5.69 Å². The normalized spacial score (nSPS) is 10.8. The summed E-state index contributed by atoms with van der Waals surface area (Å²) in [6.45, 7) is 3.03. The number of benzene rings is 2. The third-order valence-corrected chi connectivity index (χ3v) is 4.88. The van der Waals surface area contributed by atoms with Gasteiger partial charge in [-0.1, -0.05) is 30.3 Å². The van der Waals surface area contributed by atoms with Crippen LogP contribution in [0.1, 0.15) is 6.92 Å². The average molecular weight is 340 g/mol. The number of aromatic nitrogens is 1. The minimum Gasteiger partial charge on any atom is -0.495 e. The molecule has 0 bridgehead atoms. The molecule has 0 radical (unpaired) electrons. The summed E-state index contributed by atoms with van der Waals surface area (Å²) in [5.41, 5.74) is 1.90. The number of amides is 1. The number of para-hydroxylation sites is 3. The summed E-state index contributed by atoms with van der Waals surface area (Å²) in [6.07, 6.45) is 2.12. The second kappa shape index (κ2) is 7.45. The number of fused-ring (bicyclic) bond motifs is 1. The van der Waals surface area contributed by atoms with E-state index >= 15 is 0 Å². The smallest absolute Gasteiger partial charge is 0.234 e. The van der Waals surface area contributed by atoms with Crippen molar-refractivity contribution in [3.05, 3.63) is 54.7 Å². The van der Waals surface area contributed by atoms with Gasteiger partial charge in [-0.3, -0.25) is 4.79 Å². The third kappa shape index (κ3) is 3.41. The van der Waals surface area contributed by atoms with Crippen molar-refractivity contribution in [2.45, 2.75) is 18.4 Å². The molecular formula is C19H20N2O2S. The van der Waals surface area contributed by atoms with Gasteiger partial charge in [-0.25, -0.2) is 0 Å². The van der Waals surface area contributed by atoms with Crippen LogP contribution < -0.4 is 10.1 Å². The molecule has 1 heterocycles. The predicted octanol–water partition coefficient (Wildman–Crippen LogP) is 4.40. The molecule has 5 heteroatoms. The Labute approximate surface area is 145 Å². The van der Waals surface area contributed by atoms with Crippen LogP contribution in [0, 0.1) is 0 Å². The lowest BCUT2D eigenvalue weighted by atomic mass is 10.2. The van der Waals surface area contributed by atoms with Gasteiger partial charge in [0.15, 0.2) is 0 Å². The van der Waals surface area contributed by atoms with Gasteiger partial charge in [0, 0.05) is 28.5 Å². The van der Waals surface area contributed by atoms with Crippen molar-refractivity contribution in [1.29, 1.82) is 0 Å². The maximum atomic E-state index is 12.3. The Balaban J connectivity index is 1.71. The van der Waals surface area contributed by atoms with Crippen molar-refractivity contribution in [1.82, 2.24) is 4.57 Å². The fourth-order valence-corrected chi connectivity index (χ4v) is 3.56. The van der Waals surface area contributed by atoms with E-state index in [1.807, 2.05) is 36.4 Å². The van der Waals surface area contributed by atoms with E-state index in [4.69, 9.17) is 4.74 Å². The first kappa shape index (κ1) is 16.5. The molecule has 0 aliphatic carbocycles. The van der Waals surface area contributed by atoms with Gasteiger partial charge in [0.1, 0.15) is 5.75 Å². The van der Waals surface area contributed by atoms with Crippen molar-refractivity contribution < 1.29 is 9.53 Å². The topological polar surface area (TPSA) is 43.3 Å². The van der Waals surface area contributed by atoms with Crippen LogP contribution in [0.5, 0.6) is 5.75 Å². The standard InChI is InChI=1S/C19H20N2O2S/c1-3-21-12-18(14-8-4-6-10-16(14)21)24-13-19(22)20-15-9-5-7-11-17(15)23-2/h4-12H,3,13H2,1-2H3,(H,20,22). The molecule has 0 unspecified atom stereocenters. The van der Waals surface area contributed by atoms with E-state index in [9.17, 15) is 4.79 Å². The molecule has 124 valence electrons. The van der Waals surface area contributed by atoms with E-state index in [0.29, 0.717) is 17.2 Å². The lowest BCUT2D eigenvalue weighted by Crippen LogP contribution is -2.14. The van der Waals surface area contributed by atoms with Crippen molar-refractivity contribution in [2.75, 3.05) is 18.2 Å². The van der Waals surface area contributed by atoms with Gasteiger partial charge in [0.2, 0.25) is 5.91 Å². The number of hydrogen-bond donors (Lipinski definition) is 1. The lowest BCUT2D eigenvalue weighted by molar-refractivity contribution is -0.113. The maximum Gasteiger partial charge on any atom is 0.234 e. The summed E-state index contributed by atoms with van der Waals surface area (Å²) >= 11 is 1.55. The zero-order valence-electron chi connectivity index (χ0n) is 13.8. The van der Waals surface area contributed by atoms with Crippen molar-refractivity contribution in [3.63, 3.8) is 0 Å². The van der Waals surface area contributed by atoms with Crippen molar-refractivity contribution >= 4 is 34.3 Å². The fourth-order valence-electron chi connectivity index (χ4n) is 2.67. The van der Waals surface area contributed by atoms with Gasteiger partial charge >= 0.3 is 0 Å². The largest absolute Gasteiger partial charge is 0.495 e. The molecule has 1 aromatic heterocycles. The summed E-state index contributed by atoms with van der Waals surface area (Å²) < 4.78 is 7.46. The molecule has 4 nitrogen and oxygen atoms in total.